The SMILES string of the molecule is O=C(CSc1nc2c3ccccc3ncn2n1)c1cccs1. The summed E-state index contributed by atoms with van der Waals surface area (Å²) in [5.74, 6) is 0.435. The Bertz CT molecular complexity index is 962. The fourth-order valence-corrected chi connectivity index (χ4v) is 3.63. The van der Waals surface area contributed by atoms with Crippen molar-refractivity contribution in [3.8, 4) is 0 Å². The van der Waals surface area contributed by atoms with Crippen LogP contribution in [0.5, 0.6) is 0 Å². The molecule has 5 nitrogen and oxygen atoms in total. The van der Waals surface area contributed by atoms with Gasteiger partial charge in [-0.1, -0.05) is 30.0 Å². The van der Waals surface area contributed by atoms with Gasteiger partial charge in [-0.3, -0.25) is 4.79 Å². The first-order chi connectivity index (χ1) is 10.8. The molecule has 0 unspecified atom stereocenters. The monoisotopic (exact) mass is 326 g/mol. The molecule has 0 N–H and O–H groups in total. The van der Waals surface area contributed by atoms with E-state index >= 15 is 0 Å². The van der Waals surface area contributed by atoms with Crippen LogP contribution < -0.4 is 0 Å². The van der Waals surface area contributed by atoms with Crippen molar-refractivity contribution in [1.82, 2.24) is 19.6 Å². The van der Waals surface area contributed by atoms with E-state index < -0.39 is 0 Å². The van der Waals surface area contributed by atoms with Crippen LogP contribution in [0.15, 0.2) is 53.3 Å². The Balaban J connectivity index is 1.63. The van der Waals surface area contributed by atoms with Crippen molar-refractivity contribution in [2.75, 3.05) is 5.75 Å². The molecule has 0 aliphatic rings. The largest absolute Gasteiger partial charge is 0.292 e. The van der Waals surface area contributed by atoms with Crippen LogP contribution in [0, 0.1) is 0 Å². The number of carbonyl (C=O) groups is 1. The zero-order chi connectivity index (χ0) is 14.9. The van der Waals surface area contributed by atoms with Crippen molar-refractivity contribution in [1.29, 1.82) is 0 Å². The van der Waals surface area contributed by atoms with Crippen LogP contribution in [0.2, 0.25) is 0 Å². The first-order valence-electron chi connectivity index (χ1n) is 6.61. The Hall–Kier alpha value is -2.25. The van der Waals surface area contributed by atoms with Crippen molar-refractivity contribution in [3.63, 3.8) is 0 Å². The molecule has 22 heavy (non-hydrogen) atoms. The van der Waals surface area contributed by atoms with Gasteiger partial charge in [0, 0.05) is 5.39 Å². The number of hydrogen-bond acceptors (Lipinski definition) is 6. The molecule has 3 aromatic heterocycles. The molecule has 0 radical (unpaired) electrons. The summed E-state index contributed by atoms with van der Waals surface area (Å²) in [6.07, 6.45) is 1.65. The maximum Gasteiger partial charge on any atom is 0.209 e. The zero-order valence-electron chi connectivity index (χ0n) is 11.3. The van der Waals surface area contributed by atoms with E-state index in [9.17, 15) is 4.79 Å². The number of ketones is 1. The maximum atomic E-state index is 12.0. The van der Waals surface area contributed by atoms with Gasteiger partial charge in [0.05, 0.1) is 16.1 Å². The highest BCUT2D eigenvalue weighted by atomic mass is 32.2. The van der Waals surface area contributed by atoms with Crippen LogP contribution in [0.4, 0.5) is 0 Å². The summed E-state index contributed by atoms with van der Waals surface area (Å²) >= 11 is 2.80. The average Bonchev–Trinajstić information content (AvgIpc) is 3.21. The van der Waals surface area contributed by atoms with Crippen molar-refractivity contribution >= 4 is 45.4 Å². The van der Waals surface area contributed by atoms with Crippen LogP contribution >= 0.6 is 23.1 Å². The standard InChI is InChI=1S/C15H10N4OS2/c20-12(13-6-3-7-21-13)8-22-15-17-14-10-4-1-2-5-11(10)16-9-19(14)18-15/h1-7,9H,8H2. The Morgan fingerprint density at radius 2 is 2.14 bits per heavy atom. The van der Waals surface area contributed by atoms with E-state index in [0.717, 1.165) is 21.4 Å². The summed E-state index contributed by atoms with van der Waals surface area (Å²) in [4.78, 5) is 21.7. The third-order valence-electron chi connectivity index (χ3n) is 3.19. The van der Waals surface area contributed by atoms with Gasteiger partial charge in [-0.2, -0.15) is 0 Å². The van der Waals surface area contributed by atoms with Crippen LogP contribution in [-0.2, 0) is 0 Å². The lowest BCUT2D eigenvalue weighted by Gasteiger charge is -1.96. The average molecular weight is 326 g/mol. The Kier molecular flexibility index (Phi) is 3.36. The molecule has 0 fully saturated rings. The van der Waals surface area contributed by atoms with Crippen molar-refractivity contribution in [2.24, 2.45) is 0 Å². The fourth-order valence-electron chi connectivity index (χ4n) is 2.16. The number of carbonyl (C=O) groups excluding carboxylic acids is 1. The van der Waals surface area contributed by atoms with E-state index in [1.807, 2.05) is 41.8 Å². The molecule has 0 bridgehead atoms. The lowest BCUT2D eigenvalue weighted by molar-refractivity contribution is 0.102. The van der Waals surface area contributed by atoms with E-state index in [0.29, 0.717) is 10.9 Å². The van der Waals surface area contributed by atoms with Gasteiger partial charge in [0.1, 0.15) is 6.33 Å². The molecule has 0 spiro atoms. The van der Waals surface area contributed by atoms with Gasteiger partial charge in [0.25, 0.3) is 0 Å². The number of thiophene rings is 1. The molecule has 0 saturated heterocycles. The van der Waals surface area contributed by atoms with Gasteiger partial charge in [0.15, 0.2) is 11.4 Å². The number of para-hydroxylation sites is 1. The molecule has 7 heteroatoms. The molecule has 0 amide bonds. The Morgan fingerprint density at radius 1 is 1.23 bits per heavy atom. The first kappa shape index (κ1) is 13.4. The quantitative estimate of drug-likeness (QED) is 0.425. The number of benzene rings is 1. The van der Waals surface area contributed by atoms with Crippen LogP contribution in [0.25, 0.3) is 16.6 Å². The van der Waals surface area contributed by atoms with Gasteiger partial charge in [-0.05, 0) is 23.6 Å². The summed E-state index contributed by atoms with van der Waals surface area (Å²) in [7, 11) is 0. The highest BCUT2D eigenvalue weighted by Gasteiger charge is 2.12. The molecule has 1 aromatic carbocycles. The molecular formula is C15H10N4OS2. The minimum absolute atomic E-state index is 0.0989. The first-order valence-corrected chi connectivity index (χ1v) is 8.47. The summed E-state index contributed by atoms with van der Waals surface area (Å²) in [5.41, 5.74) is 1.64. The second kappa shape index (κ2) is 5.51. The predicted octanol–water partition coefficient (Wildman–Crippen LogP) is 3.31. The second-order valence-corrected chi connectivity index (χ2v) is 6.50. The minimum atomic E-state index is 0.0989. The van der Waals surface area contributed by atoms with Crippen LogP contribution in [-0.4, -0.2) is 31.1 Å². The number of thioether (sulfide) groups is 1. The van der Waals surface area contributed by atoms with E-state index in [4.69, 9.17) is 0 Å². The van der Waals surface area contributed by atoms with Gasteiger partial charge < -0.3 is 0 Å². The number of hydrogen-bond donors (Lipinski definition) is 0. The summed E-state index contributed by atoms with van der Waals surface area (Å²) < 4.78 is 1.65. The van der Waals surface area contributed by atoms with E-state index in [1.165, 1.54) is 23.1 Å². The molecule has 3 heterocycles. The molecule has 108 valence electrons. The predicted molar refractivity (Wildman–Crippen MR) is 87.7 cm³/mol. The van der Waals surface area contributed by atoms with Crippen molar-refractivity contribution < 1.29 is 4.79 Å². The number of rotatable bonds is 4. The molecule has 0 saturated carbocycles. The molecular weight excluding hydrogens is 316 g/mol. The second-order valence-electron chi connectivity index (χ2n) is 4.61. The highest BCUT2D eigenvalue weighted by Crippen LogP contribution is 2.21. The van der Waals surface area contributed by atoms with E-state index in [1.54, 1.807) is 10.8 Å². The van der Waals surface area contributed by atoms with Crippen LogP contribution in [0.3, 0.4) is 0 Å². The molecule has 4 aromatic rings. The van der Waals surface area contributed by atoms with Gasteiger partial charge in [0.2, 0.25) is 5.16 Å². The molecule has 0 aliphatic heterocycles. The number of nitrogens with zero attached hydrogens (tertiary/aromatic N) is 4. The molecule has 0 aliphatic carbocycles. The van der Waals surface area contributed by atoms with Gasteiger partial charge in [-0.15, -0.1) is 16.4 Å². The smallest absolute Gasteiger partial charge is 0.209 e. The summed E-state index contributed by atoms with van der Waals surface area (Å²) in [5, 5.41) is 7.81. The Morgan fingerprint density at radius 3 is 3.00 bits per heavy atom. The third-order valence-corrected chi connectivity index (χ3v) is 4.94. The zero-order valence-corrected chi connectivity index (χ0v) is 13.0. The van der Waals surface area contributed by atoms with E-state index in [2.05, 4.69) is 15.1 Å². The summed E-state index contributed by atoms with van der Waals surface area (Å²) in [6.45, 7) is 0. The number of aromatic nitrogens is 4. The van der Waals surface area contributed by atoms with Crippen LogP contribution in [0.1, 0.15) is 9.67 Å². The topological polar surface area (TPSA) is 60.2 Å². The lowest BCUT2D eigenvalue weighted by atomic mass is 10.2. The van der Waals surface area contributed by atoms with Gasteiger partial charge in [-0.25, -0.2) is 14.5 Å². The Labute approximate surface area is 134 Å². The molecule has 0 atom stereocenters. The molecule has 4 rings (SSSR count). The fraction of sp³-hybridized carbons (Fsp3) is 0.0667. The number of Topliss-reactive ketones (excluding diaryl/α,β-unsaturated/α-hetero) is 1. The lowest BCUT2D eigenvalue weighted by Crippen LogP contribution is -1.99. The highest BCUT2D eigenvalue weighted by molar-refractivity contribution is 7.99. The maximum absolute atomic E-state index is 12.0. The van der Waals surface area contributed by atoms with E-state index in [-0.39, 0.29) is 5.78 Å². The minimum Gasteiger partial charge on any atom is -0.292 e. The normalized spacial score (nSPS) is 11.3. The summed E-state index contributed by atoms with van der Waals surface area (Å²) in [6, 6.07) is 11.5. The third kappa shape index (κ3) is 2.38. The van der Waals surface area contributed by atoms with Gasteiger partial charge >= 0.3 is 0 Å². The van der Waals surface area contributed by atoms with Crippen molar-refractivity contribution in [3.05, 3.63) is 53.0 Å². The van der Waals surface area contributed by atoms with Crippen molar-refractivity contribution in [2.45, 2.75) is 5.16 Å². The number of fused-ring (bicyclic) bond motifs is 3.